The van der Waals surface area contributed by atoms with Crippen LogP contribution in [0.4, 0.5) is 5.82 Å². The van der Waals surface area contributed by atoms with Gasteiger partial charge in [0.25, 0.3) is 11.8 Å². The predicted octanol–water partition coefficient (Wildman–Crippen LogP) is -0.102. The highest BCUT2D eigenvalue weighted by atomic mass is 35.5. The lowest BCUT2D eigenvalue weighted by Crippen LogP contribution is -2.65. The van der Waals surface area contributed by atoms with Crippen LogP contribution in [-0.4, -0.2) is 39.7 Å². The Bertz CT molecular complexity index is 631. The van der Waals surface area contributed by atoms with Crippen LogP contribution in [0.5, 0.6) is 0 Å². The van der Waals surface area contributed by atoms with Crippen molar-refractivity contribution in [2.75, 3.05) is 12.0 Å². The summed E-state index contributed by atoms with van der Waals surface area (Å²) in [6.07, 6.45) is 1.27. The van der Waals surface area contributed by atoms with E-state index in [9.17, 15) is 14.4 Å². The molecule has 9 heteroatoms. The van der Waals surface area contributed by atoms with Crippen LogP contribution >= 0.6 is 11.6 Å². The summed E-state index contributed by atoms with van der Waals surface area (Å²) in [6, 6.07) is 1.37. The van der Waals surface area contributed by atoms with Crippen molar-refractivity contribution in [2.45, 2.75) is 19.4 Å². The molecule has 112 valence electrons. The van der Waals surface area contributed by atoms with Crippen LogP contribution in [0.25, 0.3) is 0 Å². The lowest BCUT2D eigenvalue weighted by Gasteiger charge is -2.40. The molecule has 0 bridgehead atoms. The van der Waals surface area contributed by atoms with Crippen LogP contribution in [0.15, 0.2) is 12.3 Å². The van der Waals surface area contributed by atoms with Gasteiger partial charge >= 0.3 is 0 Å². The number of hydrogen-bond donors (Lipinski definition) is 3. The number of halogens is 1. The van der Waals surface area contributed by atoms with E-state index >= 15 is 0 Å². The lowest BCUT2D eigenvalue weighted by atomic mass is 9.97. The topological polar surface area (TPSA) is 117 Å². The van der Waals surface area contributed by atoms with E-state index < -0.39 is 23.3 Å². The molecule has 1 aliphatic heterocycles. The quantitative estimate of drug-likeness (QED) is 0.399. The Kier molecular flexibility index (Phi) is 3.84. The van der Waals surface area contributed by atoms with Gasteiger partial charge in [0, 0.05) is 6.20 Å². The smallest absolute Gasteiger partial charge is 0.256 e. The number of carbonyl (C=O) groups excluding carboxylic acids is 3. The van der Waals surface area contributed by atoms with Gasteiger partial charge < -0.3 is 10.3 Å². The number of pyridine rings is 1. The predicted molar refractivity (Wildman–Crippen MR) is 75.3 cm³/mol. The van der Waals surface area contributed by atoms with Gasteiger partial charge in [-0.1, -0.05) is 11.6 Å². The van der Waals surface area contributed by atoms with Crippen molar-refractivity contribution in [2.24, 2.45) is 5.84 Å². The molecule has 1 aromatic rings. The highest BCUT2D eigenvalue weighted by Crippen LogP contribution is 2.24. The number of carbonyl (C=O) groups is 3. The van der Waals surface area contributed by atoms with Gasteiger partial charge in [0.15, 0.2) is 5.82 Å². The van der Waals surface area contributed by atoms with E-state index in [1.165, 1.54) is 17.2 Å². The molecule has 0 spiro atoms. The number of piperazine rings is 1. The third kappa shape index (κ3) is 2.67. The molecule has 0 aliphatic carbocycles. The maximum Gasteiger partial charge on any atom is 0.256 e. The third-order valence-electron chi connectivity index (χ3n) is 3.26. The van der Waals surface area contributed by atoms with E-state index in [1.54, 1.807) is 13.8 Å². The molecule has 1 fully saturated rings. The van der Waals surface area contributed by atoms with Crippen molar-refractivity contribution in [3.63, 3.8) is 0 Å². The maximum atomic E-state index is 12.5. The van der Waals surface area contributed by atoms with Gasteiger partial charge in [-0.3, -0.25) is 19.7 Å². The second-order valence-corrected chi connectivity index (χ2v) is 5.43. The summed E-state index contributed by atoms with van der Waals surface area (Å²) in [5.41, 5.74) is 1.30. The maximum absolute atomic E-state index is 12.5. The molecule has 0 aromatic carbocycles. The number of hydrazine groups is 1. The Morgan fingerprint density at radius 3 is 2.76 bits per heavy atom. The first-order valence-corrected chi connectivity index (χ1v) is 6.43. The number of rotatable bonds is 2. The Morgan fingerprint density at radius 1 is 1.52 bits per heavy atom. The molecule has 21 heavy (non-hydrogen) atoms. The fourth-order valence-corrected chi connectivity index (χ4v) is 2.15. The molecular formula is C12H14ClN5O3. The zero-order valence-electron chi connectivity index (χ0n) is 11.4. The van der Waals surface area contributed by atoms with Crippen LogP contribution in [0, 0.1) is 0 Å². The number of nitrogen functional groups attached to an aromatic ring is 1. The van der Waals surface area contributed by atoms with Crippen molar-refractivity contribution in [3.05, 3.63) is 22.8 Å². The Labute approximate surface area is 125 Å². The summed E-state index contributed by atoms with van der Waals surface area (Å²) < 4.78 is 0. The number of aromatic nitrogens is 1. The van der Waals surface area contributed by atoms with Gasteiger partial charge in [0.05, 0.1) is 10.6 Å². The van der Waals surface area contributed by atoms with E-state index in [-0.39, 0.29) is 22.9 Å². The molecular weight excluding hydrogens is 298 g/mol. The molecule has 0 unspecified atom stereocenters. The van der Waals surface area contributed by atoms with E-state index in [1.807, 2.05) is 0 Å². The summed E-state index contributed by atoms with van der Waals surface area (Å²) in [4.78, 5) is 40.9. The Hall–Kier alpha value is -2.19. The fourth-order valence-electron chi connectivity index (χ4n) is 1.93. The summed E-state index contributed by atoms with van der Waals surface area (Å²) in [5, 5.41) is 2.36. The number of nitrogens with one attached hydrogen (secondary N) is 2. The van der Waals surface area contributed by atoms with E-state index in [4.69, 9.17) is 17.4 Å². The highest BCUT2D eigenvalue weighted by Gasteiger charge is 2.43. The number of anilines is 1. The average molecular weight is 312 g/mol. The summed E-state index contributed by atoms with van der Waals surface area (Å²) in [6.45, 7) is 2.89. The van der Waals surface area contributed by atoms with Crippen molar-refractivity contribution in [1.29, 1.82) is 0 Å². The zero-order chi connectivity index (χ0) is 15.8. The van der Waals surface area contributed by atoms with Crippen LogP contribution in [0.2, 0.25) is 5.02 Å². The summed E-state index contributed by atoms with van der Waals surface area (Å²) >= 11 is 5.92. The molecule has 4 N–H and O–H groups in total. The zero-order valence-corrected chi connectivity index (χ0v) is 12.2. The van der Waals surface area contributed by atoms with Crippen molar-refractivity contribution < 1.29 is 14.4 Å². The number of imide groups is 1. The number of nitrogens with two attached hydrogens (primary N) is 1. The minimum atomic E-state index is -1.15. The van der Waals surface area contributed by atoms with Gasteiger partial charge in [0.2, 0.25) is 5.91 Å². The van der Waals surface area contributed by atoms with E-state index in [2.05, 4.69) is 15.7 Å². The lowest BCUT2D eigenvalue weighted by molar-refractivity contribution is -0.143. The molecule has 2 heterocycles. The normalized spacial score (nSPS) is 17.4. The third-order valence-corrected chi connectivity index (χ3v) is 3.54. The Balaban J connectivity index is 2.36. The number of amides is 3. The molecule has 1 aliphatic rings. The van der Waals surface area contributed by atoms with Crippen LogP contribution in [-0.2, 0) is 9.59 Å². The van der Waals surface area contributed by atoms with Crippen LogP contribution in [0.3, 0.4) is 0 Å². The van der Waals surface area contributed by atoms with Crippen LogP contribution in [0.1, 0.15) is 24.2 Å². The molecule has 0 saturated carbocycles. The van der Waals surface area contributed by atoms with E-state index in [0.717, 1.165) is 0 Å². The molecule has 3 amide bonds. The number of nitrogens with zero attached hydrogens (tertiary/aromatic N) is 2. The molecule has 0 radical (unpaired) electrons. The second kappa shape index (κ2) is 5.30. The summed E-state index contributed by atoms with van der Waals surface area (Å²) in [7, 11) is 0. The minimum absolute atomic E-state index is 0.161. The standard InChI is InChI=1S/C12H14ClN5O3/c1-12(2)11(21)16-8(19)5-18(12)10(20)6-3-7(13)9(17-14)15-4-6/h3-4H,5,14H2,1-2H3,(H,15,17)(H,16,19,21). The van der Waals surface area contributed by atoms with Gasteiger partial charge in [-0.15, -0.1) is 0 Å². The first-order chi connectivity index (χ1) is 9.77. The first kappa shape index (κ1) is 15.2. The summed E-state index contributed by atoms with van der Waals surface area (Å²) in [5.74, 6) is 3.85. The molecule has 1 aromatic heterocycles. The second-order valence-electron chi connectivity index (χ2n) is 5.03. The largest absolute Gasteiger partial charge is 0.315 e. The van der Waals surface area contributed by atoms with Crippen molar-refractivity contribution >= 4 is 35.1 Å². The molecule has 8 nitrogen and oxygen atoms in total. The minimum Gasteiger partial charge on any atom is -0.315 e. The highest BCUT2D eigenvalue weighted by molar-refractivity contribution is 6.33. The van der Waals surface area contributed by atoms with Crippen LogP contribution < -0.4 is 16.6 Å². The monoisotopic (exact) mass is 311 g/mol. The van der Waals surface area contributed by atoms with E-state index in [0.29, 0.717) is 0 Å². The van der Waals surface area contributed by atoms with Gasteiger partial charge in [-0.25, -0.2) is 10.8 Å². The SMILES string of the molecule is CC1(C)C(=O)NC(=O)CN1C(=O)c1cnc(NN)c(Cl)c1. The van der Waals surface area contributed by atoms with Gasteiger partial charge in [-0.2, -0.15) is 0 Å². The fraction of sp³-hybridized carbons (Fsp3) is 0.333. The van der Waals surface area contributed by atoms with Crippen molar-refractivity contribution in [1.82, 2.24) is 15.2 Å². The molecule has 0 atom stereocenters. The van der Waals surface area contributed by atoms with Crippen molar-refractivity contribution in [3.8, 4) is 0 Å². The molecule has 1 saturated heterocycles. The number of hydrogen-bond acceptors (Lipinski definition) is 6. The molecule has 2 rings (SSSR count). The average Bonchev–Trinajstić information content (AvgIpc) is 2.42. The first-order valence-electron chi connectivity index (χ1n) is 6.05. The Morgan fingerprint density at radius 2 is 2.19 bits per heavy atom. The van der Waals surface area contributed by atoms with Gasteiger partial charge in [0.1, 0.15) is 12.1 Å². The van der Waals surface area contributed by atoms with Gasteiger partial charge in [-0.05, 0) is 19.9 Å².